The highest BCUT2D eigenvalue weighted by Gasteiger charge is 2.20. The fourth-order valence-electron chi connectivity index (χ4n) is 2.78. The number of aryl methyl sites for hydroxylation is 1. The first-order valence-electron chi connectivity index (χ1n) is 8.42. The molecule has 26 heavy (non-hydrogen) atoms. The summed E-state index contributed by atoms with van der Waals surface area (Å²) in [5, 5.41) is 10.6. The third-order valence-corrected chi connectivity index (χ3v) is 4.27. The van der Waals surface area contributed by atoms with E-state index in [1.807, 2.05) is 6.92 Å². The number of hydrogen-bond acceptors (Lipinski definition) is 4. The van der Waals surface area contributed by atoms with Crippen molar-refractivity contribution in [3.8, 4) is 11.1 Å². The maximum Gasteiger partial charge on any atom is 0.333 e. The van der Waals surface area contributed by atoms with Gasteiger partial charge in [-0.3, -0.25) is 4.79 Å². The molecule has 1 aromatic carbocycles. The summed E-state index contributed by atoms with van der Waals surface area (Å²) in [5.74, 6) is -0.218. The van der Waals surface area contributed by atoms with E-state index >= 15 is 0 Å². The first-order valence-corrected chi connectivity index (χ1v) is 8.42. The molecule has 0 radical (unpaired) electrons. The molecule has 3 rings (SSSR count). The molecule has 138 valence electrons. The summed E-state index contributed by atoms with van der Waals surface area (Å²) in [6, 6.07) is 6.76. The molecular weight excluding hydrogens is 342 g/mol. The quantitative estimate of drug-likeness (QED) is 0.855. The van der Waals surface area contributed by atoms with Crippen LogP contribution >= 0.6 is 0 Å². The van der Waals surface area contributed by atoms with Crippen LogP contribution in [0.1, 0.15) is 42.4 Å². The molecule has 2 aromatic rings. The lowest BCUT2D eigenvalue weighted by Crippen LogP contribution is -2.32. The van der Waals surface area contributed by atoms with Gasteiger partial charge in [-0.15, -0.1) is 0 Å². The zero-order valence-corrected chi connectivity index (χ0v) is 14.6. The lowest BCUT2D eigenvalue weighted by molar-refractivity contribution is 0.0563. The Morgan fingerprint density at radius 2 is 2.12 bits per heavy atom. The number of oxime groups is 1. The number of carbonyl (C=O) groups excluding carboxylic acids is 1. The van der Waals surface area contributed by atoms with Crippen LogP contribution in [0.2, 0.25) is 0 Å². The van der Waals surface area contributed by atoms with Gasteiger partial charge in [0, 0.05) is 23.7 Å². The summed E-state index contributed by atoms with van der Waals surface area (Å²) in [6.07, 6.45) is 2.74. The van der Waals surface area contributed by atoms with Crippen molar-refractivity contribution >= 4 is 11.6 Å². The molecule has 1 aliphatic heterocycles. The number of amides is 1. The highest BCUT2D eigenvalue weighted by molar-refractivity contribution is 5.94. The van der Waals surface area contributed by atoms with Gasteiger partial charge in [0.2, 0.25) is 0 Å². The number of nitrogens with zero attached hydrogens (tertiary/aromatic N) is 3. The monoisotopic (exact) mass is 362 g/mol. The Balaban J connectivity index is 1.61. The summed E-state index contributed by atoms with van der Waals surface area (Å²) < 4.78 is 26.1. The van der Waals surface area contributed by atoms with E-state index in [9.17, 15) is 13.6 Å². The number of aromatic nitrogens is 2. The van der Waals surface area contributed by atoms with Crippen molar-refractivity contribution in [1.82, 2.24) is 15.1 Å². The van der Waals surface area contributed by atoms with Crippen LogP contribution in [0.15, 0.2) is 35.6 Å². The molecule has 2 heterocycles. The van der Waals surface area contributed by atoms with Gasteiger partial charge in [0.15, 0.2) is 0 Å². The van der Waals surface area contributed by atoms with Crippen LogP contribution in [-0.2, 0) is 4.84 Å². The van der Waals surface area contributed by atoms with Crippen molar-refractivity contribution in [2.24, 2.45) is 5.16 Å². The molecule has 1 N–H and O–H groups in total. The fourth-order valence-corrected chi connectivity index (χ4v) is 2.78. The summed E-state index contributed by atoms with van der Waals surface area (Å²) in [4.78, 5) is 17.5. The minimum absolute atomic E-state index is 0.129. The number of rotatable bonds is 6. The molecule has 0 saturated carbocycles. The maximum absolute atomic E-state index is 12.7. The average Bonchev–Trinajstić information content (AvgIpc) is 3.26. The lowest BCUT2D eigenvalue weighted by atomic mass is 10.0. The summed E-state index contributed by atoms with van der Waals surface area (Å²) in [6.45, 7) is 1.39. The van der Waals surface area contributed by atoms with Crippen LogP contribution < -0.4 is 5.32 Å². The average molecular weight is 362 g/mol. The largest absolute Gasteiger partial charge is 0.390 e. The third kappa shape index (κ3) is 3.89. The second kappa shape index (κ2) is 7.63. The van der Waals surface area contributed by atoms with Crippen LogP contribution in [-0.4, -0.2) is 34.0 Å². The van der Waals surface area contributed by atoms with Crippen molar-refractivity contribution in [2.45, 2.75) is 39.3 Å². The van der Waals surface area contributed by atoms with Crippen LogP contribution in [0.25, 0.3) is 11.1 Å². The number of benzene rings is 1. The third-order valence-electron chi connectivity index (χ3n) is 4.27. The Kier molecular flexibility index (Phi) is 5.29. The Morgan fingerprint density at radius 1 is 1.38 bits per heavy atom. The van der Waals surface area contributed by atoms with Crippen LogP contribution in [0.4, 0.5) is 8.78 Å². The Labute approximate surface area is 149 Å². The molecule has 0 bridgehead atoms. The van der Waals surface area contributed by atoms with E-state index < -0.39 is 6.55 Å². The Hall–Kier alpha value is -2.77. The molecule has 1 atom stereocenters. The van der Waals surface area contributed by atoms with Crippen molar-refractivity contribution in [1.29, 1.82) is 0 Å². The van der Waals surface area contributed by atoms with Gasteiger partial charge in [-0.1, -0.05) is 24.2 Å². The minimum atomic E-state index is -2.68. The highest BCUT2D eigenvalue weighted by Crippen LogP contribution is 2.25. The van der Waals surface area contributed by atoms with E-state index in [0.29, 0.717) is 28.0 Å². The molecule has 0 spiro atoms. The van der Waals surface area contributed by atoms with Gasteiger partial charge < -0.3 is 10.2 Å². The molecular formula is C18H20F2N4O2. The van der Waals surface area contributed by atoms with E-state index in [4.69, 9.17) is 4.84 Å². The van der Waals surface area contributed by atoms with Crippen molar-refractivity contribution in [2.75, 3.05) is 6.54 Å². The number of halogens is 2. The molecule has 1 aromatic heterocycles. The SMILES string of the molecule is CCC1=NO[C@@H](CNC(=O)c2ccc(-c3cn(C(F)F)nc3C)cc2)C1. The Bertz CT molecular complexity index is 815. The van der Waals surface area contributed by atoms with E-state index in [2.05, 4.69) is 15.6 Å². The predicted octanol–water partition coefficient (Wildman–Crippen LogP) is 3.54. The van der Waals surface area contributed by atoms with Gasteiger partial charge in [0.1, 0.15) is 6.10 Å². The molecule has 0 unspecified atom stereocenters. The second-order valence-corrected chi connectivity index (χ2v) is 6.12. The number of hydrogen-bond donors (Lipinski definition) is 1. The van der Waals surface area contributed by atoms with Crippen molar-refractivity contribution in [3.05, 3.63) is 41.7 Å². The normalized spacial score (nSPS) is 16.5. The summed E-state index contributed by atoms with van der Waals surface area (Å²) in [5.41, 5.74) is 3.33. The van der Waals surface area contributed by atoms with E-state index in [-0.39, 0.29) is 12.0 Å². The zero-order valence-electron chi connectivity index (χ0n) is 14.6. The Morgan fingerprint density at radius 3 is 2.69 bits per heavy atom. The van der Waals surface area contributed by atoms with Gasteiger partial charge in [-0.05, 0) is 31.0 Å². The molecule has 0 fully saturated rings. The number of nitrogens with one attached hydrogen (secondary N) is 1. The van der Waals surface area contributed by atoms with E-state index in [1.54, 1.807) is 31.2 Å². The summed E-state index contributed by atoms with van der Waals surface area (Å²) in [7, 11) is 0. The van der Waals surface area contributed by atoms with Gasteiger partial charge in [0.25, 0.3) is 5.91 Å². The first kappa shape index (κ1) is 18.0. The maximum atomic E-state index is 12.7. The second-order valence-electron chi connectivity index (χ2n) is 6.12. The van der Waals surface area contributed by atoms with Crippen LogP contribution in [0.3, 0.4) is 0 Å². The number of alkyl halides is 2. The molecule has 0 aliphatic carbocycles. The first-order chi connectivity index (χ1) is 12.5. The van der Waals surface area contributed by atoms with Crippen molar-refractivity contribution in [3.63, 3.8) is 0 Å². The van der Waals surface area contributed by atoms with Crippen molar-refractivity contribution < 1.29 is 18.4 Å². The van der Waals surface area contributed by atoms with E-state index in [0.717, 1.165) is 24.1 Å². The smallest absolute Gasteiger partial charge is 0.333 e. The van der Waals surface area contributed by atoms with Crippen LogP contribution in [0.5, 0.6) is 0 Å². The molecule has 1 aliphatic rings. The van der Waals surface area contributed by atoms with E-state index in [1.165, 1.54) is 6.20 Å². The van der Waals surface area contributed by atoms with Gasteiger partial charge in [-0.2, -0.15) is 13.9 Å². The van der Waals surface area contributed by atoms with Gasteiger partial charge in [-0.25, -0.2) is 4.68 Å². The summed E-state index contributed by atoms with van der Waals surface area (Å²) >= 11 is 0. The number of carbonyl (C=O) groups is 1. The predicted molar refractivity (Wildman–Crippen MR) is 93.2 cm³/mol. The molecule has 8 heteroatoms. The van der Waals surface area contributed by atoms with Gasteiger partial charge >= 0.3 is 6.55 Å². The topological polar surface area (TPSA) is 68.5 Å². The lowest BCUT2D eigenvalue weighted by Gasteiger charge is -2.10. The zero-order chi connectivity index (χ0) is 18.7. The highest BCUT2D eigenvalue weighted by atomic mass is 19.3. The molecule has 0 saturated heterocycles. The fraction of sp³-hybridized carbons (Fsp3) is 0.389. The van der Waals surface area contributed by atoms with Crippen LogP contribution in [0, 0.1) is 6.92 Å². The standard InChI is InChI=1S/C18H20F2N4O2/c1-3-14-8-15(26-23-14)9-21-17(25)13-6-4-12(5-7-13)16-10-24(18(19)20)22-11(16)2/h4-7,10,15,18H,3,8-9H2,1-2H3,(H,21,25)/t15-/m1/s1. The van der Waals surface area contributed by atoms with Gasteiger partial charge in [0.05, 0.1) is 18.0 Å². The molecule has 1 amide bonds. The minimum Gasteiger partial charge on any atom is -0.390 e. The molecule has 6 nitrogen and oxygen atoms in total.